The van der Waals surface area contributed by atoms with Crippen LogP contribution >= 0.6 is 15.9 Å². The molecule has 4 saturated carbocycles. The molecule has 1 aromatic carbocycles. The highest BCUT2D eigenvalue weighted by atomic mass is 79.9. The number of hydrogen-bond donors (Lipinski definition) is 2. The first-order valence-corrected chi connectivity index (χ1v) is 9.16. The van der Waals surface area contributed by atoms with E-state index in [1.807, 2.05) is 25.1 Å². The lowest BCUT2D eigenvalue weighted by Crippen LogP contribution is -2.60. The monoisotopic (exact) mass is 362 g/mol. The molecule has 0 aromatic heterocycles. The van der Waals surface area contributed by atoms with Gasteiger partial charge in [0.1, 0.15) is 0 Å². The van der Waals surface area contributed by atoms with E-state index in [-0.39, 0.29) is 11.6 Å². The quantitative estimate of drug-likeness (QED) is 0.775. The second kappa shape index (κ2) is 5.26. The largest absolute Gasteiger partial charge is 0.332 e. The molecule has 0 radical (unpaired) electrons. The standard InChI is InChI=1S/C18H23BrN2O/c1-11-4-15(2-3-16(11)19)20-17(22)21-18-8-12-5-13(9-18)7-14(6-12)10-18/h2-4,12-14H,5-10H2,1H3,(H2,20,21,22). The molecular weight excluding hydrogens is 340 g/mol. The molecule has 0 atom stereocenters. The van der Waals surface area contributed by atoms with Crippen LogP contribution in [0, 0.1) is 24.7 Å². The lowest BCUT2D eigenvalue weighted by Gasteiger charge is -2.56. The Morgan fingerprint density at radius 1 is 1.14 bits per heavy atom. The highest BCUT2D eigenvalue weighted by Crippen LogP contribution is 2.55. The highest BCUT2D eigenvalue weighted by Gasteiger charge is 2.51. The van der Waals surface area contributed by atoms with Crippen LogP contribution in [0.2, 0.25) is 0 Å². The first-order chi connectivity index (χ1) is 10.5. The second-order valence-electron chi connectivity index (χ2n) is 7.74. The molecular formula is C18H23BrN2O. The van der Waals surface area contributed by atoms with Gasteiger partial charge in [-0.3, -0.25) is 0 Å². The summed E-state index contributed by atoms with van der Waals surface area (Å²) in [4.78, 5) is 12.5. The molecule has 0 heterocycles. The molecule has 0 spiro atoms. The van der Waals surface area contributed by atoms with Crippen LogP contribution in [-0.2, 0) is 0 Å². The number of hydrogen-bond acceptors (Lipinski definition) is 1. The van der Waals surface area contributed by atoms with E-state index in [0.29, 0.717) is 0 Å². The van der Waals surface area contributed by atoms with Crippen LogP contribution in [0.25, 0.3) is 0 Å². The van der Waals surface area contributed by atoms with Crippen LogP contribution in [0.4, 0.5) is 10.5 Å². The number of rotatable bonds is 2. The number of halogens is 1. The van der Waals surface area contributed by atoms with Gasteiger partial charge in [0.15, 0.2) is 0 Å². The summed E-state index contributed by atoms with van der Waals surface area (Å²) in [6, 6.07) is 5.89. The number of amides is 2. The first-order valence-electron chi connectivity index (χ1n) is 8.37. The Morgan fingerprint density at radius 3 is 2.27 bits per heavy atom. The van der Waals surface area contributed by atoms with Crippen LogP contribution in [0.3, 0.4) is 0 Å². The summed E-state index contributed by atoms with van der Waals surface area (Å²) in [7, 11) is 0. The summed E-state index contributed by atoms with van der Waals surface area (Å²) in [5.41, 5.74) is 2.07. The summed E-state index contributed by atoms with van der Waals surface area (Å²) in [6.45, 7) is 2.03. The van der Waals surface area contributed by atoms with Gasteiger partial charge in [-0.05, 0) is 87.0 Å². The Bertz CT molecular complexity index is 578. The maximum absolute atomic E-state index is 12.5. The van der Waals surface area contributed by atoms with E-state index >= 15 is 0 Å². The molecule has 0 unspecified atom stereocenters. The minimum atomic E-state index is -0.0383. The molecule has 4 bridgehead atoms. The zero-order chi connectivity index (χ0) is 15.3. The second-order valence-corrected chi connectivity index (χ2v) is 8.60. The van der Waals surface area contributed by atoms with E-state index in [9.17, 15) is 4.79 Å². The van der Waals surface area contributed by atoms with Gasteiger partial charge in [-0.25, -0.2) is 4.79 Å². The van der Waals surface area contributed by atoms with Crippen molar-refractivity contribution < 1.29 is 4.79 Å². The molecule has 0 saturated heterocycles. The Hall–Kier alpha value is -1.03. The van der Waals surface area contributed by atoms with Crippen LogP contribution in [0.1, 0.15) is 44.1 Å². The van der Waals surface area contributed by atoms with Gasteiger partial charge < -0.3 is 10.6 Å². The number of carbonyl (C=O) groups excluding carboxylic acids is 1. The van der Waals surface area contributed by atoms with Crippen molar-refractivity contribution in [2.75, 3.05) is 5.32 Å². The number of nitrogens with one attached hydrogen (secondary N) is 2. The molecule has 22 heavy (non-hydrogen) atoms. The average Bonchev–Trinajstić information content (AvgIpc) is 2.40. The van der Waals surface area contributed by atoms with Gasteiger partial charge in [-0.15, -0.1) is 0 Å². The van der Waals surface area contributed by atoms with Gasteiger partial charge in [-0.1, -0.05) is 15.9 Å². The van der Waals surface area contributed by atoms with Crippen molar-refractivity contribution in [3.05, 3.63) is 28.2 Å². The van der Waals surface area contributed by atoms with E-state index in [2.05, 4.69) is 26.6 Å². The van der Waals surface area contributed by atoms with Gasteiger partial charge in [-0.2, -0.15) is 0 Å². The van der Waals surface area contributed by atoms with Crippen LogP contribution in [0.5, 0.6) is 0 Å². The van der Waals surface area contributed by atoms with Crippen molar-refractivity contribution >= 4 is 27.6 Å². The van der Waals surface area contributed by atoms with Crippen LogP contribution in [0.15, 0.2) is 22.7 Å². The summed E-state index contributed by atoms with van der Waals surface area (Å²) >= 11 is 3.49. The van der Waals surface area contributed by atoms with Gasteiger partial charge in [0, 0.05) is 15.7 Å². The third-order valence-corrected chi connectivity index (χ3v) is 6.72. The summed E-state index contributed by atoms with van der Waals surface area (Å²) in [6.07, 6.45) is 7.75. The van der Waals surface area contributed by atoms with Crippen molar-refractivity contribution in [1.82, 2.24) is 5.32 Å². The van der Waals surface area contributed by atoms with E-state index in [1.165, 1.54) is 38.5 Å². The zero-order valence-electron chi connectivity index (χ0n) is 13.0. The van der Waals surface area contributed by atoms with E-state index in [1.54, 1.807) is 0 Å². The molecule has 4 heteroatoms. The predicted molar refractivity (Wildman–Crippen MR) is 91.9 cm³/mol. The Labute approximate surface area is 140 Å². The minimum absolute atomic E-state index is 0.0383. The molecule has 5 rings (SSSR count). The predicted octanol–water partition coefficient (Wildman–Crippen LogP) is 4.85. The zero-order valence-corrected chi connectivity index (χ0v) is 14.6. The van der Waals surface area contributed by atoms with E-state index in [4.69, 9.17) is 0 Å². The van der Waals surface area contributed by atoms with Crippen molar-refractivity contribution in [2.24, 2.45) is 17.8 Å². The fraction of sp³-hybridized carbons (Fsp3) is 0.611. The van der Waals surface area contributed by atoms with Gasteiger partial charge >= 0.3 is 6.03 Å². The molecule has 2 amide bonds. The molecule has 1 aromatic rings. The van der Waals surface area contributed by atoms with E-state index in [0.717, 1.165) is 33.5 Å². The fourth-order valence-corrected chi connectivity index (χ4v) is 5.64. The highest BCUT2D eigenvalue weighted by molar-refractivity contribution is 9.10. The summed E-state index contributed by atoms with van der Waals surface area (Å²) < 4.78 is 1.07. The minimum Gasteiger partial charge on any atom is -0.332 e. The molecule has 4 aliphatic carbocycles. The lowest BCUT2D eigenvalue weighted by molar-refractivity contribution is -0.0127. The fourth-order valence-electron chi connectivity index (χ4n) is 5.39. The molecule has 2 N–H and O–H groups in total. The Morgan fingerprint density at radius 2 is 1.73 bits per heavy atom. The molecule has 4 aliphatic rings. The van der Waals surface area contributed by atoms with Crippen LogP contribution in [-0.4, -0.2) is 11.6 Å². The topological polar surface area (TPSA) is 41.1 Å². The van der Waals surface area contributed by atoms with Crippen LogP contribution < -0.4 is 10.6 Å². The SMILES string of the molecule is Cc1cc(NC(=O)NC23CC4CC(CC(C4)C2)C3)ccc1Br. The van der Waals surface area contributed by atoms with Gasteiger partial charge in [0.2, 0.25) is 0 Å². The molecule has 0 aliphatic heterocycles. The first kappa shape index (κ1) is 14.6. The normalized spacial score (nSPS) is 35.5. The molecule has 4 fully saturated rings. The van der Waals surface area contributed by atoms with Crippen molar-refractivity contribution in [1.29, 1.82) is 0 Å². The summed E-state index contributed by atoms with van der Waals surface area (Å²) in [5, 5.41) is 6.36. The number of carbonyl (C=O) groups is 1. The third-order valence-electron chi connectivity index (χ3n) is 5.83. The Kier molecular flexibility index (Phi) is 3.48. The number of benzene rings is 1. The number of aryl methyl sites for hydroxylation is 1. The van der Waals surface area contributed by atoms with E-state index < -0.39 is 0 Å². The maximum atomic E-state index is 12.5. The molecule has 118 valence electrons. The average molecular weight is 363 g/mol. The van der Waals surface area contributed by atoms with Gasteiger partial charge in [0.25, 0.3) is 0 Å². The number of anilines is 1. The maximum Gasteiger partial charge on any atom is 0.319 e. The summed E-state index contributed by atoms with van der Waals surface area (Å²) in [5.74, 6) is 2.55. The number of urea groups is 1. The van der Waals surface area contributed by atoms with Gasteiger partial charge in [0.05, 0.1) is 0 Å². The smallest absolute Gasteiger partial charge is 0.319 e. The molecule has 3 nitrogen and oxygen atoms in total. The van der Waals surface area contributed by atoms with Crippen molar-refractivity contribution in [2.45, 2.75) is 51.0 Å². The van der Waals surface area contributed by atoms with Crippen molar-refractivity contribution in [3.8, 4) is 0 Å². The van der Waals surface area contributed by atoms with Crippen molar-refractivity contribution in [3.63, 3.8) is 0 Å². The Balaban J connectivity index is 1.44. The third kappa shape index (κ3) is 2.66. The lowest BCUT2D eigenvalue weighted by atomic mass is 9.53.